The van der Waals surface area contributed by atoms with Crippen molar-refractivity contribution in [2.75, 3.05) is 5.32 Å². The standard InChI is InChI=1S/C17H18F2N2O2/c1-10-5-6-12(20-15(22)7-11-3-2-4-11)8-13(10)17-21-14(9-23-17)16(18)19/h5-6,8-9,11,16H,2-4,7H2,1H3,(H,20,22). The predicted molar refractivity (Wildman–Crippen MR) is 82.2 cm³/mol. The number of aromatic nitrogens is 1. The van der Waals surface area contributed by atoms with Gasteiger partial charge in [0.25, 0.3) is 6.43 Å². The molecule has 1 aliphatic carbocycles. The van der Waals surface area contributed by atoms with E-state index < -0.39 is 6.43 Å². The van der Waals surface area contributed by atoms with Crippen molar-refractivity contribution < 1.29 is 18.0 Å². The number of carbonyl (C=O) groups excluding carboxylic acids is 1. The molecule has 0 aliphatic heterocycles. The van der Waals surface area contributed by atoms with Crippen LogP contribution in [-0.4, -0.2) is 10.9 Å². The number of carbonyl (C=O) groups is 1. The van der Waals surface area contributed by atoms with Crippen LogP contribution in [0, 0.1) is 12.8 Å². The predicted octanol–water partition coefficient (Wildman–Crippen LogP) is 4.72. The summed E-state index contributed by atoms with van der Waals surface area (Å²) in [6.07, 6.45) is 2.24. The first-order valence-electron chi connectivity index (χ1n) is 7.67. The maximum atomic E-state index is 12.6. The van der Waals surface area contributed by atoms with Gasteiger partial charge in [0.15, 0.2) is 0 Å². The van der Waals surface area contributed by atoms with Crippen LogP contribution in [0.2, 0.25) is 0 Å². The molecule has 1 amide bonds. The Morgan fingerprint density at radius 3 is 2.83 bits per heavy atom. The minimum atomic E-state index is -2.67. The molecule has 23 heavy (non-hydrogen) atoms. The van der Waals surface area contributed by atoms with Gasteiger partial charge >= 0.3 is 0 Å². The lowest BCUT2D eigenvalue weighted by Gasteiger charge is -2.24. The van der Waals surface area contributed by atoms with Crippen molar-refractivity contribution in [3.8, 4) is 11.5 Å². The van der Waals surface area contributed by atoms with Gasteiger partial charge < -0.3 is 9.73 Å². The number of halogens is 2. The Labute approximate surface area is 132 Å². The van der Waals surface area contributed by atoms with Crippen molar-refractivity contribution in [2.24, 2.45) is 5.92 Å². The summed E-state index contributed by atoms with van der Waals surface area (Å²) in [6.45, 7) is 1.83. The molecule has 0 saturated heterocycles. The van der Waals surface area contributed by atoms with E-state index in [1.807, 2.05) is 6.92 Å². The van der Waals surface area contributed by atoms with Crippen LogP contribution in [0.4, 0.5) is 14.5 Å². The smallest absolute Gasteiger partial charge is 0.283 e. The largest absolute Gasteiger partial charge is 0.444 e. The first-order chi connectivity index (χ1) is 11.0. The van der Waals surface area contributed by atoms with Gasteiger partial charge in [-0.15, -0.1) is 0 Å². The Morgan fingerprint density at radius 1 is 1.43 bits per heavy atom. The van der Waals surface area contributed by atoms with Crippen molar-refractivity contribution in [3.05, 3.63) is 35.7 Å². The number of oxazole rings is 1. The van der Waals surface area contributed by atoms with Gasteiger partial charge in [0.2, 0.25) is 11.8 Å². The van der Waals surface area contributed by atoms with Gasteiger partial charge in [0, 0.05) is 17.7 Å². The van der Waals surface area contributed by atoms with Gasteiger partial charge in [-0.3, -0.25) is 4.79 Å². The van der Waals surface area contributed by atoms with E-state index in [1.54, 1.807) is 18.2 Å². The van der Waals surface area contributed by atoms with Crippen LogP contribution in [0.1, 0.15) is 43.4 Å². The number of nitrogens with one attached hydrogen (secondary N) is 1. The van der Waals surface area contributed by atoms with E-state index in [1.165, 1.54) is 6.42 Å². The molecule has 1 saturated carbocycles. The first kappa shape index (κ1) is 15.6. The zero-order chi connectivity index (χ0) is 16.4. The van der Waals surface area contributed by atoms with Crippen LogP contribution in [0.5, 0.6) is 0 Å². The molecule has 6 heteroatoms. The summed E-state index contributed by atoms with van der Waals surface area (Å²) in [4.78, 5) is 15.8. The fraction of sp³-hybridized carbons (Fsp3) is 0.412. The lowest BCUT2D eigenvalue weighted by atomic mass is 9.83. The number of hydrogen-bond acceptors (Lipinski definition) is 3. The molecule has 4 nitrogen and oxygen atoms in total. The summed E-state index contributed by atoms with van der Waals surface area (Å²) in [5.41, 5.74) is 1.66. The molecule has 1 heterocycles. The quantitative estimate of drug-likeness (QED) is 0.867. The zero-order valence-corrected chi connectivity index (χ0v) is 12.8. The molecule has 1 aromatic heterocycles. The second-order valence-electron chi connectivity index (χ2n) is 5.96. The maximum Gasteiger partial charge on any atom is 0.283 e. The summed E-state index contributed by atoms with van der Waals surface area (Å²) < 4.78 is 30.4. The lowest BCUT2D eigenvalue weighted by Crippen LogP contribution is -2.20. The molecule has 0 bridgehead atoms. The molecule has 0 radical (unpaired) electrons. The van der Waals surface area contributed by atoms with Crippen LogP contribution < -0.4 is 5.32 Å². The Morgan fingerprint density at radius 2 is 2.22 bits per heavy atom. The normalized spacial score (nSPS) is 14.8. The molecule has 0 spiro atoms. The fourth-order valence-corrected chi connectivity index (χ4v) is 2.61. The lowest BCUT2D eigenvalue weighted by molar-refractivity contribution is -0.117. The van der Waals surface area contributed by atoms with Crippen LogP contribution in [0.25, 0.3) is 11.5 Å². The summed E-state index contributed by atoms with van der Waals surface area (Å²) in [6, 6.07) is 5.30. The maximum absolute atomic E-state index is 12.6. The molecule has 0 unspecified atom stereocenters. The summed E-state index contributed by atoms with van der Waals surface area (Å²) in [5, 5.41) is 2.85. The van der Waals surface area contributed by atoms with Gasteiger partial charge in [-0.2, -0.15) is 0 Å². The second kappa shape index (κ2) is 6.48. The molecular formula is C17H18F2N2O2. The zero-order valence-electron chi connectivity index (χ0n) is 12.8. The number of nitrogens with zero attached hydrogens (tertiary/aromatic N) is 1. The Hall–Kier alpha value is -2.24. The average molecular weight is 320 g/mol. The highest BCUT2D eigenvalue weighted by Crippen LogP contribution is 2.31. The third kappa shape index (κ3) is 3.57. The summed E-state index contributed by atoms with van der Waals surface area (Å²) in [7, 11) is 0. The van der Waals surface area contributed by atoms with E-state index in [2.05, 4.69) is 10.3 Å². The Balaban J connectivity index is 1.76. The average Bonchev–Trinajstić information content (AvgIpc) is 2.95. The first-order valence-corrected chi connectivity index (χ1v) is 7.67. The highest BCUT2D eigenvalue weighted by atomic mass is 19.3. The number of aryl methyl sites for hydroxylation is 1. The fourth-order valence-electron chi connectivity index (χ4n) is 2.61. The third-order valence-electron chi connectivity index (χ3n) is 4.20. The van der Waals surface area contributed by atoms with Gasteiger partial charge in [-0.05, 0) is 43.4 Å². The molecule has 2 aromatic rings. The van der Waals surface area contributed by atoms with Gasteiger partial charge in [-0.1, -0.05) is 12.5 Å². The minimum Gasteiger partial charge on any atom is -0.444 e. The van der Waals surface area contributed by atoms with Crippen LogP contribution in [0.15, 0.2) is 28.9 Å². The molecule has 3 rings (SSSR count). The number of anilines is 1. The third-order valence-corrected chi connectivity index (χ3v) is 4.20. The number of rotatable bonds is 5. The SMILES string of the molecule is Cc1ccc(NC(=O)CC2CCC2)cc1-c1nc(C(F)F)co1. The summed E-state index contributed by atoms with van der Waals surface area (Å²) >= 11 is 0. The molecule has 0 atom stereocenters. The van der Waals surface area contributed by atoms with Crippen molar-refractivity contribution >= 4 is 11.6 Å². The van der Waals surface area contributed by atoms with E-state index in [0.29, 0.717) is 23.6 Å². The highest BCUT2D eigenvalue weighted by molar-refractivity contribution is 5.91. The highest BCUT2D eigenvalue weighted by Gasteiger charge is 2.21. The van der Waals surface area contributed by atoms with Gasteiger partial charge in [0.05, 0.1) is 0 Å². The monoisotopic (exact) mass is 320 g/mol. The van der Waals surface area contributed by atoms with Crippen molar-refractivity contribution in [1.82, 2.24) is 4.98 Å². The van der Waals surface area contributed by atoms with Crippen LogP contribution in [0.3, 0.4) is 0 Å². The van der Waals surface area contributed by atoms with E-state index in [0.717, 1.165) is 24.7 Å². The molecule has 1 fully saturated rings. The number of benzene rings is 1. The van der Waals surface area contributed by atoms with E-state index >= 15 is 0 Å². The number of hydrogen-bond donors (Lipinski definition) is 1. The van der Waals surface area contributed by atoms with Crippen LogP contribution in [-0.2, 0) is 4.79 Å². The molecule has 1 aliphatic rings. The van der Waals surface area contributed by atoms with E-state index in [4.69, 9.17) is 4.42 Å². The molecule has 1 N–H and O–H groups in total. The van der Waals surface area contributed by atoms with Gasteiger partial charge in [0.1, 0.15) is 12.0 Å². The van der Waals surface area contributed by atoms with E-state index in [-0.39, 0.29) is 17.5 Å². The second-order valence-corrected chi connectivity index (χ2v) is 5.96. The van der Waals surface area contributed by atoms with E-state index in [9.17, 15) is 13.6 Å². The van der Waals surface area contributed by atoms with Crippen LogP contribution >= 0.6 is 0 Å². The Bertz CT molecular complexity index is 708. The minimum absolute atomic E-state index is 0.0230. The van der Waals surface area contributed by atoms with Crippen molar-refractivity contribution in [1.29, 1.82) is 0 Å². The topological polar surface area (TPSA) is 55.1 Å². The summed E-state index contributed by atoms with van der Waals surface area (Å²) in [5.74, 6) is 0.596. The molecule has 122 valence electrons. The van der Waals surface area contributed by atoms with Gasteiger partial charge in [-0.25, -0.2) is 13.8 Å². The molecular weight excluding hydrogens is 302 g/mol. The number of alkyl halides is 2. The Kier molecular flexibility index (Phi) is 4.41. The van der Waals surface area contributed by atoms with Crippen molar-refractivity contribution in [2.45, 2.75) is 39.0 Å². The molecule has 1 aromatic carbocycles. The van der Waals surface area contributed by atoms with Crippen molar-refractivity contribution in [3.63, 3.8) is 0 Å². The number of amides is 1.